The Kier molecular flexibility index (Phi) is 4.22. The summed E-state index contributed by atoms with van der Waals surface area (Å²) in [5.41, 5.74) is 4.21. The van der Waals surface area contributed by atoms with E-state index in [1.807, 2.05) is 6.07 Å². The smallest absolute Gasteiger partial charge is 0.161 e. The second-order valence-corrected chi connectivity index (χ2v) is 7.92. The molecule has 3 heteroatoms. The highest BCUT2D eigenvalue weighted by Crippen LogP contribution is 2.43. The summed E-state index contributed by atoms with van der Waals surface area (Å²) in [6, 6.07) is 31.7. The number of hydrogen-bond acceptors (Lipinski definition) is 3. The molecule has 0 aliphatic rings. The van der Waals surface area contributed by atoms with Gasteiger partial charge in [0.2, 0.25) is 0 Å². The molecule has 0 saturated heterocycles. The second-order valence-electron chi connectivity index (χ2n) is 7.92. The Bertz CT molecular complexity index is 1560. The standard InChI is InChI=1S/C29H21NO2/c1-31-25-16-13-20(17-26(25)32-2)27-28-21-9-5-3-7-18(21)11-14-23(28)30-24-15-12-19-8-4-6-10-22(19)29(24)27/h3-17H,1-2H3. The van der Waals surface area contributed by atoms with Crippen LogP contribution in [0.15, 0.2) is 91.0 Å². The van der Waals surface area contributed by atoms with Gasteiger partial charge in [0.15, 0.2) is 11.5 Å². The number of hydrogen-bond donors (Lipinski definition) is 0. The first-order chi connectivity index (χ1) is 15.8. The molecular weight excluding hydrogens is 394 g/mol. The minimum absolute atomic E-state index is 0.712. The zero-order valence-electron chi connectivity index (χ0n) is 17.9. The third-order valence-electron chi connectivity index (χ3n) is 6.23. The highest BCUT2D eigenvalue weighted by Gasteiger charge is 2.17. The minimum Gasteiger partial charge on any atom is -0.493 e. The molecule has 6 aromatic rings. The molecule has 32 heavy (non-hydrogen) atoms. The molecule has 0 aliphatic heterocycles. The van der Waals surface area contributed by atoms with Gasteiger partial charge in [-0.1, -0.05) is 66.7 Å². The van der Waals surface area contributed by atoms with Gasteiger partial charge in [0.25, 0.3) is 0 Å². The van der Waals surface area contributed by atoms with Gasteiger partial charge < -0.3 is 9.47 Å². The van der Waals surface area contributed by atoms with E-state index in [9.17, 15) is 0 Å². The van der Waals surface area contributed by atoms with Crippen LogP contribution < -0.4 is 9.47 Å². The molecule has 0 fully saturated rings. The molecule has 0 spiro atoms. The Morgan fingerprint density at radius 3 is 1.69 bits per heavy atom. The molecule has 0 radical (unpaired) electrons. The van der Waals surface area contributed by atoms with Gasteiger partial charge in [0.1, 0.15) is 0 Å². The van der Waals surface area contributed by atoms with Crippen LogP contribution in [0.3, 0.4) is 0 Å². The number of benzene rings is 5. The molecule has 0 N–H and O–H groups in total. The van der Waals surface area contributed by atoms with Crippen molar-refractivity contribution in [2.45, 2.75) is 0 Å². The maximum absolute atomic E-state index is 5.66. The summed E-state index contributed by atoms with van der Waals surface area (Å²) in [6.45, 7) is 0. The van der Waals surface area contributed by atoms with E-state index in [4.69, 9.17) is 14.5 Å². The maximum atomic E-state index is 5.66. The van der Waals surface area contributed by atoms with Crippen molar-refractivity contribution < 1.29 is 9.47 Å². The Morgan fingerprint density at radius 1 is 0.562 bits per heavy atom. The van der Waals surface area contributed by atoms with Gasteiger partial charge in [-0.25, -0.2) is 4.98 Å². The van der Waals surface area contributed by atoms with Gasteiger partial charge >= 0.3 is 0 Å². The lowest BCUT2D eigenvalue weighted by Crippen LogP contribution is -1.94. The van der Waals surface area contributed by atoms with Crippen LogP contribution in [0.1, 0.15) is 0 Å². The lowest BCUT2D eigenvalue weighted by molar-refractivity contribution is 0.355. The van der Waals surface area contributed by atoms with Crippen molar-refractivity contribution in [1.82, 2.24) is 4.98 Å². The Balaban J connectivity index is 1.89. The number of rotatable bonds is 3. The van der Waals surface area contributed by atoms with Gasteiger partial charge in [-0.3, -0.25) is 0 Å². The van der Waals surface area contributed by atoms with Crippen LogP contribution in [-0.2, 0) is 0 Å². The minimum atomic E-state index is 0.712. The number of ether oxygens (including phenoxy) is 2. The average molecular weight is 415 g/mol. The van der Waals surface area contributed by atoms with E-state index in [1.165, 1.54) is 27.1 Å². The molecule has 0 bridgehead atoms. The van der Waals surface area contributed by atoms with E-state index in [0.29, 0.717) is 11.5 Å². The predicted molar refractivity (Wildman–Crippen MR) is 133 cm³/mol. The fourth-order valence-corrected chi connectivity index (χ4v) is 4.77. The van der Waals surface area contributed by atoms with Crippen molar-refractivity contribution in [2.24, 2.45) is 0 Å². The van der Waals surface area contributed by atoms with Crippen LogP contribution in [0.25, 0.3) is 54.5 Å². The topological polar surface area (TPSA) is 31.4 Å². The fourth-order valence-electron chi connectivity index (χ4n) is 4.77. The molecule has 154 valence electrons. The summed E-state index contributed by atoms with van der Waals surface area (Å²) < 4.78 is 11.2. The zero-order chi connectivity index (χ0) is 21.7. The van der Waals surface area contributed by atoms with Crippen LogP contribution in [0.4, 0.5) is 0 Å². The molecule has 0 atom stereocenters. The number of methoxy groups -OCH3 is 2. The first-order valence-electron chi connectivity index (χ1n) is 10.6. The van der Waals surface area contributed by atoms with E-state index >= 15 is 0 Å². The average Bonchev–Trinajstić information content (AvgIpc) is 2.86. The molecule has 5 aromatic carbocycles. The highest BCUT2D eigenvalue weighted by atomic mass is 16.5. The summed E-state index contributed by atoms with van der Waals surface area (Å²) in [5, 5.41) is 7.08. The van der Waals surface area contributed by atoms with Crippen molar-refractivity contribution in [3.8, 4) is 22.6 Å². The molecule has 1 heterocycles. The van der Waals surface area contributed by atoms with Crippen molar-refractivity contribution in [3.63, 3.8) is 0 Å². The molecule has 0 aliphatic carbocycles. The van der Waals surface area contributed by atoms with Crippen LogP contribution in [0.2, 0.25) is 0 Å². The molecule has 0 amide bonds. The van der Waals surface area contributed by atoms with Crippen LogP contribution in [0.5, 0.6) is 11.5 Å². The predicted octanol–water partition coefficient (Wildman–Crippen LogP) is 7.38. The highest BCUT2D eigenvalue weighted by molar-refractivity contribution is 6.25. The quantitative estimate of drug-likeness (QED) is 0.223. The number of fused-ring (bicyclic) bond motifs is 6. The van der Waals surface area contributed by atoms with Crippen LogP contribution in [-0.4, -0.2) is 19.2 Å². The number of nitrogens with zero attached hydrogens (tertiary/aromatic N) is 1. The van der Waals surface area contributed by atoms with Crippen molar-refractivity contribution in [2.75, 3.05) is 14.2 Å². The second kappa shape index (κ2) is 7.24. The molecular formula is C29H21NO2. The first kappa shape index (κ1) is 18.6. The first-order valence-corrected chi connectivity index (χ1v) is 10.6. The van der Waals surface area contributed by atoms with E-state index < -0.39 is 0 Å². The molecule has 6 rings (SSSR count). The van der Waals surface area contributed by atoms with Gasteiger partial charge in [0.05, 0.1) is 25.3 Å². The number of pyridine rings is 1. The summed E-state index contributed by atoms with van der Waals surface area (Å²) in [6.07, 6.45) is 0. The monoisotopic (exact) mass is 415 g/mol. The van der Waals surface area contributed by atoms with Gasteiger partial charge in [-0.15, -0.1) is 0 Å². The van der Waals surface area contributed by atoms with Crippen molar-refractivity contribution >= 4 is 43.4 Å². The van der Waals surface area contributed by atoms with Crippen LogP contribution in [0, 0.1) is 0 Å². The Labute approximate surface area is 185 Å². The fraction of sp³-hybridized carbons (Fsp3) is 0.0690. The largest absolute Gasteiger partial charge is 0.493 e. The summed E-state index contributed by atoms with van der Waals surface area (Å²) in [4.78, 5) is 5.08. The zero-order valence-corrected chi connectivity index (χ0v) is 17.9. The van der Waals surface area contributed by atoms with Crippen LogP contribution >= 0.6 is 0 Å². The molecule has 0 unspecified atom stereocenters. The van der Waals surface area contributed by atoms with Gasteiger partial charge in [0, 0.05) is 16.3 Å². The number of aromatic nitrogens is 1. The normalized spacial score (nSPS) is 11.4. The third kappa shape index (κ3) is 2.71. The summed E-state index contributed by atoms with van der Waals surface area (Å²) in [7, 11) is 3.34. The van der Waals surface area contributed by atoms with E-state index in [2.05, 4.69) is 84.9 Å². The molecule has 0 saturated carbocycles. The van der Waals surface area contributed by atoms with Gasteiger partial charge in [-0.05, 0) is 51.4 Å². The summed E-state index contributed by atoms with van der Waals surface area (Å²) in [5.74, 6) is 1.43. The maximum Gasteiger partial charge on any atom is 0.161 e. The summed E-state index contributed by atoms with van der Waals surface area (Å²) >= 11 is 0. The van der Waals surface area contributed by atoms with E-state index in [-0.39, 0.29) is 0 Å². The lowest BCUT2D eigenvalue weighted by atomic mass is 9.90. The molecule has 1 aromatic heterocycles. The molecule has 3 nitrogen and oxygen atoms in total. The van der Waals surface area contributed by atoms with Crippen molar-refractivity contribution in [1.29, 1.82) is 0 Å². The SMILES string of the molecule is COc1ccc(-c2c3c(ccc4ccccc43)nc3ccc4ccccc4c23)cc1OC. The van der Waals surface area contributed by atoms with Gasteiger partial charge in [-0.2, -0.15) is 0 Å². The van der Waals surface area contributed by atoms with E-state index in [0.717, 1.165) is 27.4 Å². The lowest BCUT2D eigenvalue weighted by Gasteiger charge is -2.17. The van der Waals surface area contributed by atoms with E-state index in [1.54, 1.807) is 14.2 Å². The Morgan fingerprint density at radius 2 is 1.12 bits per heavy atom. The third-order valence-corrected chi connectivity index (χ3v) is 6.23. The Hall–Kier alpha value is -4.11. The van der Waals surface area contributed by atoms with Crippen molar-refractivity contribution in [3.05, 3.63) is 91.0 Å².